The topological polar surface area (TPSA) is 24.9 Å². The lowest BCUT2D eigenvalue weighted by atomic mass is 9.89. The molecule has 1 rings (SSSR count). The minimum absolute atomic E-state index is 0.457. The molecular formula is C15H26N2. The maximum atomic E-state index is 4.42. The second-order valence-corrected chi connectivity index (χ2v) is 4.74. The van der Waals surface area contributed by atoms with Gasteiger partial charge in [0.25, 0.3) is 0 Å². The Morgan fingerprint density at radius 3 is 2.35 bits per heavy atom. The monoisotopic (exact) mass is 234 g/mol. The first kappa shape index (κ1) is 14.2. The molecule has 0 fully saturated rings. The van der Waals surface area contributed by atoms with Crippen LogP contribution < -0.4 is 5.32 Å². The van der Waals surface area contributed by atoms with Gasteiger partial charge in [-0.1, -0.05) is 39.7 Å². The van der Waals surface area contributed by atoms with Gasteiger partial charge in [0.2, 0.25) is 0 Å². The first-order valence-corrected chi connectivity index (χ1v) is 6.88. The van der Waals surface area contributed by atoms with Crippen molar-refractivity contribution in [1.82, 2.24) is 10.3 Å². The molecule has 0 amide bonds. The molecular weight excluding hydrogens is 208 g/mol. The molecule has 0 aliphatic rings. The molecule has 1 aromatic rings. The summed E-state index contributed by atoms with van der Waals surface area (Å²) in [5.41, 5.74) is 2.42. The van der Waals surface area contributed by atoms with Crippen molar-refractivity contribution < 1.29 is 0 Å². The van der Waals surface area contributed by atoms with Crippen molar-refractivity contribution in [2.75, 3.05) is 6.54 Å². The lowest BCUT2D eigenvalue weighted by Crippen LogP contribution is -2.28. The lowest BCUT2D eigenvalue weighted by Gasteiger charge is -2.26. The van der Waals surface area contributed by atoms with Crippen LogP contribution in [0.15, 0.2) is 18.3 Å². The van der Waals surface area contributed by atoms with Gasteiger partial charge in [0.1, 0.15) is 0 Å². The van der Waals surface area contributed by atoms with Gasteiger partial charge in [-0.15, -0.1) is 0 Å². The van der Waals surface area contributed by atoms with E-state index in [1.165, 1.54) is 24.8 Å². The van der Waals surface area contributed by atoms with E-state index in [0.717, 1.165) is 12.2 Å². The predicted molar refractivity (Wildman–Crippen MR) is 74.1 cm³/mol. The summed E-state index contributed by atoms with van der Waals surface area (Å²) < 4.78 is 0. The third kappa shape index (κ3) is 4.12. The zero-order chi connectivity index (χ0) is 12.7. The fraction of sp³-hybridized carbons (Fsp3) is 0.667. The van der Waals surface area contributed by atoms with E-state index in [9.17, 15) is 0 Å². The van der Waals surface area contributed by atoms with Crippen molar-refractivity contribution in [3.05, 3.63) is 29.6 Å². The highest BCUT2D eigenvalue weighted by Gasteiger charge is 2.19. The Hall–Kier alpha value is -0.890. The van der Waals surface area contributed by atoms with Crippen LogP contribution in [0.2, 0.25) is 0 Å². The fourth-order valence-electron chi connectivity index (χ4n) is 2.28. The first-order chi connectivity index (χ1) is 8.22. The zero-order valence-electron chi connectivity index (χ0n) is 11.7. The number of aromatic nitrogens is 1. The number of nitrogens with zero attached hydrogens (tertiary/aromatic N) is 1. The molecule has 0 radical (unpaired) electrons. The van der Waals surface area contributed by atoms with Gasteiger partial charge in [-0.2, -0.15) is 0 Å². The van der Waals surface area contributed by atoms with Crippen LogP contribution in [0.3, 0.4) is 0 Å². The largest absolute Gasteiger partial charge is 0.310 e. The number of nitrogens with one attached hydrogen (secondary N) is 1. The maximum absolute atomic E-state index is 4.42. The molecule has 1 atom stereocenters. The number of pyridine rings is 1. The van der Waals surface area contributed by atoms with Gasteiger partial charge in [-0.05, 0) is 37.4 Å². The summed E-state index contributed by atoms with van der Waals surface area (Å²) in [6.07, 6.45) is 5.63. The highest BCUT2D eigenvalue weighted by atomic mass is 14.9. The van der Waals surface area contributed by atoms with Crippen LogP contribution in [0.1, 0.15) is 57.3 Å². The third-order valence-electron chi connectivity index (χ3n) is 3.43. The van der Waals surface area contributed by atoms with E-state index in [4.69, 9.17) is 0 Å². The third-order valence-corrected chi connectivity index (χ3v) is 3.43. The molecule has 0 aromatic carbocycles. The van der Waals surface area contributed by atoms with Crippen LogP contribution in [-0.4, -0.2) is 11.5 Å². The second-order valence-electron chi connectivity index (χ2n) is 4.74. The van der Waals surface area contributed by atoms with E-state index in [0.29, 0.717) is 12.0 Å². The number of aryl methyl sites for hydroxylation is 1. The Bertz CT molecular complexity index is 301. The highest BCUT2D eigenvalue weighted by Crippen LogP contribution is 2.26. The standard InChI is InChI=1S/C15H26N2/c1-5-10-16-15(13(6-2)7-3)14-9-8-12(4)17-11-14/h8-9,11,13,15-16H,5-7,10H2,1-4H3. The van der Waals surface area contributed by atoms with Crippen molar-refractivity contribution in [3.63, 3.8) is 0 Å². The minimum Gasteiger partial charge on any atom is -0.310 e. The molecule has 96 valence electrons. The second kappa shape index (κ2) is 7.44. The Labute approximate surface area is 106 Å². The highest BCUT2D eigenvalue weighted by molar-refractivity contribution is 5.18. The van der Waals surface area contributed by atoms with Crippen LogP contribution in [-0.2, 0) is 0 Å². The summed E-state index contributed by atoms with van der Waals surface area (Å²) in [6, 6.07) is 4.78. The summed E-state index contributed by atoms with van der Waals surface area (Å²) in [6.45, 7) is 9.88. The number of hydrogen-bond donors (Lipinski definition) is 1. The fourth-order valence-corrected chi connectivity index (χ4v) is 2.28. The van der Waals surface area contributed by atoms with Gasteiger partial charge >= 0.3 is 0 Å². The average Bonchev–Trinajstić information content (AvgIpc) is 2.36. The Morgan fingerprint density at radius 1 is 1.18 bits per heavy atom. The van der Waals surface area contributed by atoms with Crippen LogP contribution in [0.4, 0.5) is 0 Å². The molecule has 0 saturated heterocycles. The maximum Gasteiger partial charge on any atom is 0.0372 e. The molecule has 2 heteroatoms. The van der Waals surface area contributed by atoms with Crippen molar-refractivity contribution in [3.8, 4) is 0 Å². The summed E-state index contributed by atoms with van der Waals surface area (Å²) >= 11 is 0. The first-order valence-electron chi connectivity index (χ1n) is 6.88. The van der Waals surface area contributed by atoms with E-state index in [1.54, 1.807) is 0 Å². The van der Waals surface area contributed by atoms with E-state index in [1.807, 2.05) is 13.1 Å². The van der Waals surface area contributed by atoms with Crippen molar-refractivity contribution >= 4 is 0 Å². The molecule has 1 N–H and O–H groups in total. The molecule has 0 bridgehead atoms. The number of hydrogen-bond acceptors (Lipinski definition) is 2. The molecule has 1 unspecified atom stereocenters. The van der Waals surface area contributed by atoms with Gasteiger partial charge in [0, 0.05) is 17.9 Å². The van der Waals surface area contributed by atoms with Gasteiger partial charge < -0.3 is 5.32 Å². The smallest absolute Gasteiger partial charge is 0.0372 e. The van der Waals surface area contributed by atoms with E-state index in [2.05, 4.69) is 43.2 Å². The van der Waals surface area contributed by atoms with Gasteiger partial charge in [-0.3, -0.25) is 4.98 Å². The molecule has 2 nitrogen and oxygen atoms in total. The molecule has 17 heavy (non-hydrogen) atoms. The summed E-state index contributed by atoms with van der Waals surface area (Å²) in [5, 5.41) is 3.67. The minimum atomic E-state index is 0.457. The quantitative estimate of drug-likeness (QED) is 0.774. The van der Waals surface area contributed by atoms with E-state index in [-0.39, 0.29) is 0 Å². The Kier molecular flexibility index (Phi) is 6.20. The van der Waals surface area contributed by atoms with Gasteiger partial charge in [-0.25, -0.2) is 0 Å². The molecule has 0 spiro atoms. The van der Waals surface area contributed by atoms with E-state index >= 15 is 0 Å². The molecule has 0 aliphatic carbocycles. The van der Waals surface area contributed by atoms with Crippen LogP contribution >= 0.6 is 0 Å². The van der Waals surface area contributed by atoms with Crippen LogP contribution in [0.25, 0.3) is 0 Å². The summed E-state index contributed by atoms with van der Waals surface area (Å²) in [7, 11) is 0. The van der Waals surface area contributed by atoms with Crippen molar-refractivity contribution in [2.45, 2.75) is 53.0 Å². The van der Waals surface area contributed by atoms with Crippen molar-refractivity contribution in [1.29, 1.82) is 0 Å². The Morgan fingerprint density at radius 2 is 1.88 bits per heavy atom. The molecule has 0 aliphatic heterocycles. The normalized spacial score (nSPS) is 13.0. The molecule has 0 saturated carbocycles. The lowest BCUT2D eigenvalue weighted by molar-refractivity contribution is 0.341. The predicted octanol–water partition coefficient (Wildman–Crippen LogP) is 3.87. The van der Waals surface area contributed by atoms with Crippen LogP contribution in [0.5, 0.6) is 0 Å². The number of rotatable bonds is 7. The SMILES string of the molecule is CCCNC(c1ccc(C)nc1)C(CC)CC. The van der Waals surface area contributed by atoms with Crippen LogP contribution in [0, 0.1) is 12.8 Å². The van der Waals surface area contributed by atoms with E-state index < -0.39 is 0 Å². The van der Waals surface area contributed by atoms with Gasteiger partial charge in [0.05, 0.1) is 0 Å². The average molecular weight is 234 g/mol. The Balaban J connectivity index is 2.84. The summed E-state index contributed by atoms with van der Waals surface area (Å²) in [5.74, 6) is 0.700. The summed E-state index contributed by atoms with van der Waals surface area (Å²) in [4.78, 5) is 4.42. The molecule has 1 aromatic heterocycles. The molecule has 1 heterocycles. The van der Waals surface area contributed by atoms with Crippen molar-refractivity contribution in [2.24, 2.45) is 5.92 Å². The van der Waals surface area contributed by atoms with Gasteiger partial charge in [0.15, 0.2) is 0 Å². The zero-order valence-corrected chi connectivity index (χ0v) is 11.7.